The molecule has 2 rings (SSSR count). The molecule has 0 atom stereocenters. The third-order valence-electron chi connectivity index (χ3n) is 3.14. The van der Waals surface area contributed by atoms with Crippen LogP contribution in [-0.2, 0) is 0 Å². The van der Waals surface area contributed by atoms with Crippen molar-refractivity contribution in [2.24, 2.45) is 0 Å². The van der Waals surface area contributed by atoms with Gasteiger partial charge in [-0.25, -0.2) is 0 Å². The quantitative estimate of drug-likeness (QED) is 0.633. The van der Waals surface area contributed by atoms with Gasteiger partial charge in [0, 0.05) is 19.8 Å². The lowest BCUT2D eigenvalue weighted by molar-refractivity contribution is 1.13. The van der Waals surface area contributed by atoms with Gasteiger partial charge < -0.3 is 4.90 Å². The van der Waals surface area contributed by atoms with Crippen LogP contribution in [0, 0.1) is 22.7 Å². The highest BCUT2D eigenvalue weighted by Crippen LogP contribution is 2.20. The first kappa shape index (κ1) is 14.4. The van der Waals surface area contributed by atoms with Crippen molar-refractivity contribution >= 4 is 17.3 Å². The van der Waals surface area contributed by atoms with Crippen molar-refractivity contribution in [2.45, 2.75) is 0 Å². The summed E-state index contributed by atoms with van der Waals surface area (Å²) < 4.78 is 0. The largest absolute Gasteiger partial charge is 0.378 e. The maximum absolute atomic E-state index is 9.34. The molecule has 0 bridgehead atoms. The number of rotatable bonds is 3. The lowest BCUT2D eigenvalue weighted by Crippen LogP contribution is -2.07. The summed E-state index contributed by atoms with van der Waals surface area (Å²) in [6.45, 7) is 0. The molecule has 0 fully saturated rings. The predicted molar refractivity (Wildman–Crippen MR) is 85.4 cm³/mol. The van der Waals surface area contributed by atoms with Crippen LogP contribution < -0.4 is 4.90 Å². The molecule has 0 radical (unpaired) electrons. The molecule has 0 amide bonds. The average Bonchev–Trinajstić information content (AvgIpc) is 2.53. The maximum Gasteiger partial charge on any atom is 0.0998 e. The standard InChI is InChI=1S/C18H15N3/c1-21(2)18-8-6-14(7-9-18)10-17(13-20)16-5-3-4-15(11-16)12-19/h3-11H,1-2H3/b17-10-. The summed E-state index contributed by atoms with van der Waals surface area (Å²) in [6.07, 6.45) is 1.83. The number of hydrogen-bond donors (Lipinski definition) is 0. The van der Waals surface area contributed by atoms with Crippen molar-refractivity contribution < 1.29 is 0 Å². The number of nitriles is 2. The van der Waals surface area contributed by atoms with Crippen molar-refractivity contribution in [3.05, 3.63) is 65.2 Å². The summed E-state index contributed by atoms with van der Waals surface area (Å²) in [7, 11) is 3.97. The van der Waals surface area contributed by atoms with E-state index in [4.69, 9.17) is 5.26 Å². The molecule has 0 aliphatic heterocycles. The molecule has 0 unspecified atom stereocenters. The van der Waals surface area contributed by atoms with Crippen LogP contribution in [0.15, 0.2) is 48.5 Å². The Morgan fingerprint density at radius 3 is 2.33 bits per heavy atom. The molecule has 2 aromatic carbocycles. The van der Waals surface area contributed by atoms with Crippen LogP contribution in [0.25, 0.3) is 11.6 Å². The summed E-state index contributed by atoms with van der Waals surface area (Å²) in [5.74, 6) is 0. The zero-order valence-electron chi connectivity index (χ0n) is 12.0. The van der Waals surface area contributed by atoms with E-state index in [0.29, 0.717) is 11.1 Å². The second-order valence-corrected chi connectivity index (χ2v) is 4.85. The summed E-state index contributed by atoms with van der Waals surface area (Å²) in [4.78, 5) is 2.02. The van der Waals surface area contributed by atoms with Gasteiger partial charge in [-0.3, -0.25) is 0 Å². The Morgan fingerprint density at radius 1 is 1.05 bits per heavy atom. The first-order valence-electron chi connectivity index (χ1n) is 6.54. The Morgan fingerprint density at radius 2 is 1.76 bits per heavy atom. The number of anilines is 1. The van der Waals surface area contributed by atoms with Crippen molar-refractivity contribution in [3.8, 4) is 12.1 Å². The van der Waals surface area contributed by atoms with Gasteiger partial charge in [-0.05, 0) is 41.5 Å². The zero-order valence-corrected chi connectivity index (χ0v) is 12.0. The van der Waals surface area contributed by atoms with E-state index in [-0.39, 0.29) is 0 Å². The molecule has 0 heterocycles. The van der Waals surface area contributed by atoms with Crippen LogP contribution in [0.4, 0.5) is 5.69 Å². The van der Waals surface area contributed by atoms with Crippen LogP contribution in [0.1, 0.15) is 16.7 Å². The molecular weight excluding hydrogens is 258 g/mol. The van der Waals surface area contributed by atoms with Gasteiger partial charge in [0.15, 0.2) is 0 Å². The molecule has 0 aliphatic carbocycles. The van der Waals surface area contributed by atoms with Crippen LogP contribution in [-0.4, -0.2) is 14.1 Å². The second-order valence-electron chi connectivity index (χ2n) is 4.85. The minimum absolute atomic E-state index is 0.546. The Balaban J connectivity index is 2.36. The van der Waals surface area contributed by atoms with Crippen LogP contribution in [0.2, 0.25) is 0 Å². The highest BCUT2D eigenvalue weighted by atomic mass is 15.1. The Labute approximate surface area is 125 Å². The van der Waals surface area contributed by atoms with E-state index in [9.17, 15) is 5.26 Å². The highest BCUT2D eigenvalue weighted by molar-refractivity contribution is 5.90. The Hall–Kier alpha value is -3.04. The van der Waals surface area contributed by atoms with E-state index in [1.165, 1.54) is 0 Å². The Bertz CT molecular complexity index is 741. The van der Waals surface area contributed by atoms with Gasteiger partial charge in [0.25, 0.3) is 0 Å². The number of allylic oxidation sites excluding steroid dienone is 1. The topological polar surface area (TPSA) is 50.8 Å². The first-order chi connectivity index (χ1) is 10.1. The molecule has 0 saturated heterocycles. The van der Waals surface area contributed by atoms with Crippen molar-refractivity contribution in [2.75, 3.05) is 19.0 Å². The van der Waals surface area contributed by atoms with Gasteiger partial charge in [0.05, 0.1) is 23.3 Å². The second kappa shape index (κ2) is 6.41. The molecule has 0 saturated carbocycles. The average molecular weight is 273 g/mol. The van der Waals surface area contributed by atoms with Crippen LogP contribution in [0.3, 0.4) is 0 Å². The molecule has 3 heteroatoms. The predicted octanol–water partition coefficient (Wildman–Crippen LogP) is 3.69. The normalized spacial score (nSPS) is 10.6. The summed E-state index contributed by atoms with van der Waals surface area (Å²) >= 11 is 0. The third-order valence-corrected chi connectivity index (χ3v) is 3.14. The molecule has 2 aromatic rings. The molecule has 0 aromatic heterocycles. The molecule has 0 spiro atoms. The molecule has 21 heavy (non-hydrogen) atoms. The molecule has 0 N–H and O–H groups in total. The summed E-state index contributed by atoms with van der Waals surface area (Å²) in [5, 5.41) is 18.3. The smallest absolute Gasteiger partial charge is 0.0998 e. The fourth-order valence-electron chi connectivity index (χ4n) is 1.97. The van der Waals surface area contributed by atoms with E-state index >= 15 is 0 Å². The first-order valence-corrected chi connectivity index (χ1v) is 6.54. The van der Waals surface area contributed by atoms with E-state index < -0.39 is 0 Å². The van der Waals surface area contributed by atoms with Crippen molar-refractivity contribution in [3.63, 3.8) is 0 Å². The number of benzene rings is 2. The van der Waals surface area contributed by atoms with Crippen LogP contribution in [0.5, 0.6) is 0 Å². The third kappa shape index (κ3) is 3.49. The number of hydrogen-bond acceptors (Lipinski definition) is 3. The van der Waals surface area contributed by atoms with Crippen LogP contribution >= 0.6 is 0 Å². The Kier molecular flexibility index (Phi) is 4.39. The monoisotopic (exact) mass is 273 g/mol. The van der Waals surface area contributed by atoms with Gasteiger partial charge in [-0.15, -0.1) is 0 Å². The van der Waals surface area contributed by atoms with Gasteiger partial charge in [-0.2, -0.15) is 10.5 Å². The highest BCUT2D eigenvalue weighted by Gasteiger charge is 2.03. The maximum atomic E-state index is 9.34. The van der Waals surface area contributed by atoms with Crippen molar-refractivity contribution in [1.82, 2.24) is 0 Å². The summed E-state index contributed by atoms with van der Waals surface area (Å²) in [5.41, 5.74) is 3.92. The van der Waals surface area contributed by atoms with Gasteiger partial charge in [0.2, 0.25) is 0 Å². The molecule has 0 aliphatic rings. The fraction of sp³-hybridized carbons (Fsp3) is 0.111. The lowest BCUT2D eigenvalue weighted by atomic mass is 10.0. The SMILES string of the molecule is CN(C)c1ccc(/C=C(/C#N)c2cccc(C#N)c2)cc1. The van der Waals surface area contributed by atoms with Gasteiger partial charge in [0.1, 0.15) is 0 Å². The fourth-order valence-corrected chi connectivity index (χ4v) is 1.97. The number of nitrogens with zero attached hydrogens (tertiary/aromatic N) is 3. The van der Waals surface area contributed by atoms with Crippen molar-refractivity contribution in [1.29, 1.82) is 10.5 Å². The van der Waals surface area contributed by atoms with Gasteiger partial charge in [-0.1, -0.05) is 24.3 Å². The van der Waals surface area contributed by atoms with E-state index in [1.54, 1.807) is 18.2 Å². The van der Waals surface area contributed by atoms with E-state index in [0.717, 1.165) is 16.8 Å². The molecule has 102 valence electrons. The molecular formula is C18H15N3. The lowest BCUT2D eigenvalue weighted by Gasteiger charge is -2.11. The van der Waals surface area contributed by atoms with E-state index in [2.05, 4.69) is 12.1 Å². The summed E-state index contributed by atoms with van der Waals surface area (Å²) in [6, 6.07) is 19.3. The van der Waals surface area contributed by atoms with E-state index in [1.807, 2.05) is 55.4 Å². The molecule has 3 nitrogen and oxygen atoms in total. The minimum atomic E-state index is 0.546. The van der Waals surface area contributed by atoms with Gasteiger partial charge >= 0.3 is 0 Å². The minimum Gasteiger partial charge on any atom is -0.378 e. The zero-order chi connectivity index (χ0) is 15.2.